The number of aromatic nitrogens is 2. The minimum Gasteiger partial charge on any atom is -0.381 e. The topological polar surface area (TPSA) is 47.0 Å². The van der Waals surface area contributed by atoms with E-state index in [1.165, 1.54) is 0 Å². The quantitative estimate of drug-likeness (QED) is 0.871. The summed E-state index contributed by atoms with van der Waals surface area (Å²) in [5.74, 6) is 2.44. The molecule has 2 heterocycles. The van der Waals surface area contributed by atoms with E-state index in [1.807, 2.05) is 0 Å². The summed E-state index contributed by atoms with van der Waals surface area (Å²) in [4.78, 5) is 9.34. The second kappa shape index (κ2) is 6.69. The van der Waals surface area contributed by atoms with E-state index in [2.05, 4.69) is 35.2 Å². The molecule has 1 N–H and O–H groups in total. The van der Waals surface area contributed by atoms with Crippen LogP contribution in [-0.4, -0.2) is 29.7 Å². The number of nitrogens with one attached hydrogen (secondary N) is 1. The average Bonchev–Trinajstić information content (AvgIpc) is 2.45. The molecule has 1 aromatic heterocycles. The van der Waals surface area contributed by atoms with Crippen LogP contribution in [0.3, 0.4) is 0 Å². The molecule has 0 saturated carbocycles. The van der Waals surface area contributed by atoms with Gasteiger partial charge in [-0.2, -0.15) is 0 Å². The smallest absolute Gasteiger partial charge is 0.134 e. The first-order chi connectivity index (χ1) is 8.83. The minimum absolute atomic E-state index is 0.465. The van der Waals surface area contributed by atoms with Crippen LogP contribution in [0.15, 0.2) is 6.07 Å². The van der Waals surface area contributed by atoms with Gasteiger partial charge in [0.1, 0.15) is 11.6 Å². The molecule has 4 nitrogen and oxygen atoms in total. The Morgan fingerprint density at radius 1 is 1.28 bits per heavy atom. The molecule has 0 aromatic carbocycles. The van der Waals surface area contributed by atoms with E-state index in [0.29, 0.717) is 5.92 Å². The van der Waals surface area contributed by atoms with Gasteiger partial charge in [0.15, 0.2) is 0 Å². The van der Waals surface area contributed by atoms with Gasteiger partial charge >= 0.3 is 0 Å². The molecule has 2 rings (SSSR count). The maximum atomic E-state index is 5.40. The van der Waals surface area contributed by atoms with Gasteiger partial charge in [-0.3, -0.25) is 0 Å². The molecule has 0 spiro atoms. The van der Waals surface area contributed by atoms with Gasteiger partial charge in [-0.15, -0.1) is 0 Å². The molecule has 1 saturated heterocycles. The normalized spacial score (nSPS) is 16.8. The lowest BCUT2D eigenvalue weighted by molar-refractivity contribution is 0.0835. The van der Waals surface area contributed by atoms with E-state index >= 15 is 0 Å². The van der Waals surface area contributed by atoms with E-state index in [0.717, 1.165) is 62.8 Å². The highest BCUT2D eigenvalue weighted by Gasteiger charge is 2.19. The Bertz CT molecular complexity index is 375. The van der Waals surface area contributed by atoms with Gasteiger partial charge in [0.25, 0.3) is 0 Å². The molecule has 0 amide bonds. The molecule has 100 valence electrons. The first kappa shape index (κ1) is 13.3. The van der Waals surface area contributed by atoms with Gasteiger partial charge in [0.05, 0.1) is 0 Å². The fourth-order valence-electron chi connectivity index (χ4n) is 2.18. The summed E-state index contributed by atoms with van der Waals surface area (Å²) in [6.45, 7) is 6.94. The van der Waals surface area contributed by atoms with Crippen molar-refractivity contribution >= 4 is 5.82 Å². The highest BCUT2D eigenvalue weighted by Crippen LogP contribution is 2.25. The summed E-state index contributed by atoms with van der Waals surface area (Å²) in [5.41, 5.74) is 1.13. The van der Waals surface area contributed by atoms with Gasteiger partial charge in [-0.1, -0.05) is 13.8 Å². The number of hydrogen-bond donors (Lipinski definition) is 1. The van der Waals surface area contributed by atoms with Crippen molar-refractivity contribution in [3.63, 3.8) is 0 Å². The Balaban J connectivity index is 2.16. The van der Waals surface area contributed by atoms with Gasteiger partial charge in [0, 0.05) is 37.4 Å². The van der Waals surface area contributed by atoms with Crippen LogP contribution in [0.1, 0.15) is 50.5 Å². The zero-order valence-corrected chi connectivity index (χ0v) is 11.4. The highest BCUT2D eigenvalue weighted by molar-refractivity contribution is 5.36. The van der Waals surface area contributed by atoms with Crippen molar-refractivity contribution in [2.75, 3.05) is 25.1 Å². The zero-order chi connectivity index (χ0) is 12.8. The average molecular weight is 249 g/mol. The molecule has 1 fully saturated rings. The van der Waals surface area contributed by atoms with Crippen molar-refractivity contribution < 1.29 is 4.74 Å². The maximum Gasteiger partial charge on any atom is 0.134 e. The second-order valence-corrected chi connectivity index (χ2v) is 4.77. The second-order valence-electron chi connectivity index (χ2n) is 4.77. The number of aryl methyl sites for hydroxylation is 1. The van der Waals surface area contributed by atoms with Crippen LogP contribution in [-0.2, 0) is 11.2 Å². The predicted molar refractivity (Wildman–Crippen MR) is 73.0 cm³/mol. The molecule has 1 aliphatic rings. The van der Waals surface area contributed by atoms with Crippen molar-refractivity contribution in [3.05, 3.63) is 17.6 Å². The Morgan fingerprint density at radius 2 is 2.06 bits per heavy atom. The fraction of sp³-hybridized carbons (Fsp3) is 0.714. The van der Waals surface area contributed by atoms with Crippen LogP contribution in [0.5, 0.6) is 0 Å². The van der Waals surface area contributed by atoms with Crippen LogP contribution >= 0.6 is 0 Å². The predicted octanol–water partition coefficient (Wildman–Crippen LogP) is 2.75. The van der Waals surface area contributed by atoms with E-state index in [4.69, 9.17) is 4.74 Å². The molecule has 0 atom stereocenters. The monoisotopic (exact) mass is 249 g/mol. The minimum atomic E-state index is 0.465. The van der Waals surface area contributed by atoms with Crippen LogP contribution in [0.2, 0.25) is 0 Å². The molecule has 0 unspecified atom stereocenters. The van der Waals surface area contributed by atoms with Crippen LogP contribution in [0, 0.1) is 0 Å². The summed E-state index contributed by atoms with van der Waals surface area (Å²) >= 11 is 0. The van der Waals surface area contributed by atoms with Crippen molar-refractivity contribution in [1.82, 2.24) is 9.97 Å². The van der Waals surface area contributed by atoms with Crippen molar-refractivity contribution in [2.24, 2.45) is 0 Å². The SMILES string of the molecule is CCCNc1cc(CC)nc(C2CCOCC2)n1. The molecule has 1 aliphatic heterocycles. The summed E-state index contributed by atoms with van der Waals surface area (Å²) < 4.78 is 5.40. The number of anilines is 1. The summed E-state index contributed by atoms with van der Waals surface area (Å²) in [6.07, 6.45) is 4.15. The van der Waals surface area contributed by atoms with Gasteiger partial charge < -0.3 is 10.1 Å². The van der Waals surface area contributed by atoms with E-state index in [9.17, 15) is 0 Å². The molecule has 0 radical (unpaired) electrons. The number of nitrogens with zero attached hydrogens (tertiary/aromatic N) is 2. The summed E-state index contributed by atoms with van der Waals surface area (Å²) in [6, 6.07) is 2.07. The lowest BCUT2D eigenvalue weighted by atomic mass is 9.99. The molecule has 0 aliphatic carbocycles. The summed E-state index contributed by atoms with van der Waals surface area (Å²) in [7, 11) is 0. The van der Waals surface area contributed by atoms with Gasteiger partial charge in [-0.25, -0.2) is 9.97 Å². The lowest BCUT2D eigenvalue weighted by Gasteiger charge is -2.21. The first-order valence-corrected chi connectivity index (χ1v) is 7.03. The largest absolute Gasteiger partial charge is 0.381 e. The summed E-state index contributed by atoms with van der Waals surface area (Å²) in [5, 5.41) is 3.37. The molecular formula is C14H23N3O. The maximum absolute atomic E-state index is 5.40. The van der Waals surface area contributed by atoms with E-state index in [-0.39, 0.29) is 0 Å². The highest BCUT2D eigenvalue weighted by atomic mass is 16.5. The Morgan fingerprint density at radius 3 is 2.72 bits per heavy atom. The first-order valence-electron chi connectivity index (χ1n) is 7.03. The Labute approximate surface area is 109 Å². The van der Waals surface area contributed by atoms with E-state index < -0.39 is 0 Å². The van der Waals surface area contributed by atoms with Crippen LogP contribution < -0.4 is 5.32 Å². The molecular weight excluding hydrogens is 226 g/mol. The Hall–Kier alpha value is -1.16. The number of ether oxygens (including phenoxy) is 1. The molecule has 0 bridgehead atoms. The van der Waals surface area contributed by atoms with Crippen molar-refractivity contribution in [2.45, 2.75) is 45.4 Å². The molecule has 1 aromatic rings. The van der Waals surface area contributed by atoms with Crippen molar-refractivity contribution in [3.8, 4) is 0 Å². The lowest BCUT2D eigenvalue weighted by Crippen LogP contribution is -2.18. The van der Waals surface area contributed by atoms with Gasteiger partial charge in [-0.05, 0) is 25.7 Å². The molecule has 18 heavy (non-hydrogen) atoms. The van der Waals surface area contributed by atoms with Crippen molar-refractivity contribution in [1.29, 1.82) is 0 Å². The third-order valence-electron chi connectivity index (χ3n) is 3.30. The zero-order valence-electron chi connectivity index (χ0n) is 11.4. The third kappa shape index (κ3) is 3.42. The Kier molecular flexibility index (Phi) is 4.93. The van der Waals surface area contributed by atoms with E-state index in [1.54, 1.807) is 0 Å². The standard InChI is InChI=1S/C14H23N3O/c1-3-7-15-13-10-12(4-2)16-14(17-13)11-5-8-18-9-6-11/h10-11H,3-9H2,1-2H3,(H,15,16,17). The van der Waals surface area contributed by atoms with Gasteiger partial charge in [0.2, 0.25) is 0 Å². The third-order valence-corrected chi connectivity index (χ3v) is 3.30. The van der Waals surface area contributed by atoms with Crippen LogP contribution in [0.25, 0.3) is 0 Å². The van der Waals surface area contributed by atoms with Crippen LogP contribution in [0.4, 0.5) is 5.82 Å². The fourth-order valence-corrected chi connectivity index (χ4v) is 2.18. The number of rotatable bonds is 5. The molecule has 4 heteroatoms. The number of hydrogen-bond acceptors (Lipinski definition) is 4.